The predicted octanol–water partition coefficient (Wildman–Crippen LogP) is 3.67. The van der Waals surface area contributed by atoms with E-state index in [0.717, 1.165) is 0 Å². The van der Waals surface area contributed by atoms with Gasteiger partial charge >= 0.3 is 0 Å². The summed E-state index contributed by atoms with van der Waals surface area (Å²) in [4.78, 5) is 12.2. The Morgan fingerprint density at radius 1 is 1.35 bits per heavy atom. The molecule has 0 aliphatic rings. The van der Waals surface area contributed by atoms with Gasteiger partial charge in [0.1, 0.15) is 5.54 Å². The second kappa shape index (κ2) is 5.08. The molecule has 0 radical (unpaired) electrons. The van der Waals surface area contributed by atoms with Crippen molar-refractivity contribution in [1.82, 2.24) is 0 Å². The first-order chi connectivity index (χ1) is 7.85. The Morgan fingerprint density at radius 2 is 1.94 bits per heavy atom. The summed E-state index contributed by atoms with van der Waals surface area (Å²) >= 11 is 0. The topological polar surface area (TPSA) is 55.5 Å². The minimum Gasteiger partial charge on any atom is -0.594 e. The van der Waals surface area contributed by atoms with E-state index < -0.39 is 5.54 Å². The van der Waals surface area contributed by atoms with Gasteiger partial charge in [-0.25, -0.2) is 0 Å². The average molecular weight is 234 g/mol. The average Bonchev–Trinajstić information content (AvgIpc) is 2.25. The molecular weight excluding hydrogens is 216 g/mol. The number of carbonyl (C=O) groups excluding carboxylic acids is 1. The van der Waals surface area contributed by atoms with Gasteiger partial charge < -0.3 is 5.21 Å². The minimum atomic E-state index is -0.468. The van der Waals surface area contributed by atoms with Crippen LogP contribution >= 0.6 is 0 Å². The van der Waals surface area contributed by atoms with Gasteiger partial charge in [-0.05, 0) is 32.0 Å². The summed E-state index contributed by atoms with van der Waals surface area (Å²) in [5.74, 6) is -0.0504. The van der Waals surface area contributed by atoms with E-state index in [2.05, 4.69) is 5.11 Å². The van der Waals surface area contributed by atoms with E-state index in [0.29, 0.717) is 22.5 Å². The third kappa shape index (κ3) is 3.66. The lowest BCUT2D eigenvalue weighted by atomic mass is 10.1. The number of nitrogens with zero attached hydrogens (tertiary/aromatic N) is 2. The molecule has 0 aliphatic carbocycles. The second-order valence-electron chi connectivity index (χ2n) is 4.84. The third-order valence-electron chi connectivity index (χ3n) is 2.12. The summed E-state index contributed by atoms with van der Waals surface area (Å²) < 4.78 is 0. The Morgan fingerprint density at radius 3 is 2.47 bits per heavy atom. The molecule has 17 heavy (non-hydrogen) atoms. The zero-order valence-corrected chi connectivity index (χ0v) is 10.7. The molecule has 0 fully saturated rings. The maximum Gasteiger partial charge on any atom is 0.255 e. The normalized spacial score (nSPS) is 12.6. The van der Waals surface area contributed by atoms with E-state index in [1.54, 1.807) is 31.2 Å². The van der Waals surface area contributed by atoms with Crippen LogP contribution in [0.15, 0.2) is 29.4 Å². The molecule has 1 aromatic rings. The predicted molar refractivity (Wildman–Crippen MR) is 66.5 cm³/mol. The molecule has 4 nitrogen and oxygen atoms in total. The fourth-order valence-electron chi connectivity index (χ4n) is 1.39. The van der Waals surface area contributed by atoms with E-state index in [9.17, 15) is 10.0 Å². The maximum atomic E-state index is 11.9. The summed E-state index contributed by atoms with van der Waals surface area (Å²) in [5.41, 5.74) is 0.275. The highest BCUT2D eigenvalue weighted by Gasteiger charge is 2.19. The number of Topliss-reactive ketones (excluding diaryl/α,β-unsaturated/α-hetero) is 1. The van der Waals surface area contributed by atoms with Crippen LogP contribution < -0.4 is 0 Å². The van der Waals surface area contributed by atoms with Crippen molar-refractivity contribution in [1.29, 1.82) is 0 Å². The standard InChI is InChI=1S/C13H18N2O2/c1-5-12(16)10-8-6-7-9-11(10)15(17)14-13(2,3)4/h6-9H,5H2,1-4H3. The smallest absolute Gasteiger partial charge is 0.255 e. The summed E-state index contributed by atoms with van der Waals surface area (Å²) in [6.07, 6.45) is 0.375. The van der Waals surface area contributed by atoms with E-state index in [-0.39, 0.29) is 5.78 Å². The van der Waals surface area contributed by atoms with Gasteiger partial charge in [0, 0.05) is 12.5 Å². The number of azo groups is 1. The number of carbonyl (C=O) groups is 1. The number of para-hydroxylation sites is 1. The highest BCUT2D eigenvalue weighted by atomic mass is 16.5. The van der Waals surface area contributed by atoms with Crippen molar-refractivity contribution in [2.24, 2.45) is 5.11 Å². The molecule has 0 unspecified atom stereocenters. The van der Waals surface area contributed by atoms with Crippen LogP contribution in [-0.4, -0.2) is 16.2 Å². The Kier molecular flexibility index (Phi) is 3.99. The van der Waals surface area contributed by atoms with Crippen molar-refractivity contribution < 1.29 is 9.66 Å². The number of benzene rings is 1. The minimum absolute atomic E-state index is 0.0504. The molecule has 0 atom stereocenters. The van der Waals surface area contributed by atoms with Crippen molar-refractivity contribution in [3.63, 3.8) is 0 Å². The van der Waals surface area contributed by atoms with Crippen molar-refractivity contribution in [2.75, 3.05) is 0 Å². The number of ketones is 1. The molecule has 0 aromatic heterocycles. The maximum absolute atomic E-state index is 11.9. The quantitative estimate of drug-likeness (QED) is 0.347. The first kappa shape index (κ1) is 13.4. The van der Waals surface area contributed by atoms with Gasteiger partial charge in [-0.1, -0.05) is 23.9 Å². The van der Waals surface area contributed by atoms with Crippen LogP contribution in [0.2, 0.25) is 0 Å². The Balaban J connectivity index is 3.23. The van der Waals surface area contributed by atoms with Crippen molar-refractivity contribution in [3.05, 3.63) is 35.0 Å². The number of hydrogen-bond donors (Lipinski definition) is 0. The van der Waals surface area contributed by atoms with Gasteiger partial charge in [-0.2, -0.15) is 0 Å². The molecule has 0 saturated heterocycles. The fraction of sp³-hybridized carbons (Fsp3) is 0.462. The third-order valence-corrected chi connectivity index (χ3v) is 2.12. The van der Waals surface area contributed by atoms with Crippen molar-refractivity contribution in [2.45, 2.75) is 39.7 Å². The van der Waals surface area contributed by atoms with Crippen LogP contribution in [0.5, 0.6) is 0 Å². The molecule has 0 bridgehead atoms. The van der Waals surface area contributed by atoms with Crippen LogP contribution in [0.4, 0.5) is 5.69 Å². The van der Waals surface area contributed by atoms with Crippen LogP contribution in [0, 0.1) is 5.21 Å². The van der Waals surface area contributed by atoms with Gasteiger partial charge in [-0.15, -0.1) is 0 Å². The highest BCUT2D eigenvalue weighted by Crippen LogP contribution is 2.21. The molecule has 1 aromatic carbocycles. The van der Waals surface area contributed by atoms with E-state index in [4.69, 9.17) is 0 Å². The molecule has 0 N–H and O–H groups in total. The van der Waals surface area contributed by atoms with Gasteiger partial charge in [0.15, 0.2) is 5.78 Å². The molecule has 1 rings (SSSR count). The Hall–Kier alpha value is -1.71. The summed E-state index contributed by atoms with van der Waals surface area (Å²) in [5, 5.41) is 15.9. The Bertz CT molecular complexity index is 445. The van der Waals surface area contributed by atoms with Crippen LogP contribution in [0.25, 0.3) is 0 Å². The molecule has 4 heteroatoms. The van der Waals surface area contributed by atoms with Gasteiger partial charge in [0.25, 0.3) is 5.69 Å². The van der Waals surface area contributed by atoms with Crippen molar-refractivity contribution in [3.8, 4) is 0 Å². The second-order valence-corrected chi connectivity index (χ2v) is 4.84. The van der Waals surface area contributed by atoms with E-state index in [1.807, 2.05) is 20.8 Å². The molecule has 0 heterocycles. The molecule has 0 spiro atoms. The fourth-order valence-corrected chi connectivity index (χ4v) is 1.39. The zero-order chi connectivity index (χ0) is 13.1. The monoisotopic (exact) mass is 234 g/mol. The molecule has 0 aliphatic heterocycles. The van der Waals surface area contributed by atoms with Crippen molar-refractivity contribution >= 4 is 11.5 Å². The number of rotatable bonds is 3. The zero-order valence-electron chi connectivity index (χ0n) is 10.7. The summed E-state index contributed by atoms with van der Waals surface area (Å²) in [6, 6.07) is 6.75. The molecular formula is C13H18N2O2. The van der Waals surface area contributed by atoms with Gasteiger partial charge in [-0.3, -0.25) is 4.79 Å². The van der Waals surface area contributed by atoms with Gasteiger partial charge in [0.05, 0.1) is 5.56 Å². The lowest BCUT2D eigenvalue weighted by Crippen LogP contribution is -2.14. The largest absolute Gasteiger partial charge is 0.594 e. The molecule has 0 saturated carbocycles. The molecule has 0 amide bonds. The summed E-state index contributed by atoms with van der Waals surface area (Å²) in [6.45, 7) is 7.28. The van der Waals surface area contributed by atoms with E-state index in [1.165, 1.54) is 0 Å². The van der Waals surface area contributed by atoms with Crippen LogP contribution in [-0.2, 0) is 0 Å². The lowest BCUT2D eigenvalue weighted by molar-refractivity contribution is -0.449. The van der Waals surface area contributed by atoms with E-state index >= 15 is 0 Å². The highest BCUT2D eigenvalue weighted by molar-refractivity contribution is 5.99. The first-order valence-electron chi connectivity index (χ1n) is 5.67. The van der Waals surface area contributed by atoms with Crippen LogP contribution in [0.1, 0.15) is 44.5 Å². The lowest BCUT2D eigenvalue weighted by Gasteiger charge is -2.11. The summed E-state index contributed by atoms with van der Waals surface area (Å²) in [7, 11) is 0. The van der Waals surface area contributed by atoms with Gasteiger partial charge in [0.2, 0.25) is 0 Å². The van der Waals surface area contributed by atoms with Crippen LogP contribution in [0.3, 0.4) is 0 Å². The SMILES string of the molecule is CCC(=O)c1ccccc1[N+]([O-])=NC(C)(C)C. The first-order valence-corrected chi connectivity index (χ1v) is 5.67. The number of hydrogen-bond acceptors (Lipinski definition) is 3. The Labute approximate surface area is 102 Å². The molecule has 92 valence electrons.